The van der Waals surface area contributed by atoms with Crippen molar-refractivity contribution >= 4 is 31.9 Å². The zero-order valence-electron chi connectivity index (χ0n) is 11.8. The van der Waals surface area contributed by atoms with Crippen LogP contribution in [-0.4, -0.2) is 39.3 Å². The van der Waals surface area contributed by atoms with Gasteiger partial charge in [-0.1, -0.05) is 22.0 Å². The number of rotatable bonds is 8. The summed E-state index contributed by atoms with van der Waals surface area (Å²) in [5.74, 6) is -1.21. The van der Waals surface area contributed by atoms with E-state index >= 15 is 0 Å². The van der Waals surface area contributed by atoms with Crippen LogP contribution in [-0.2, 0) is 19.6 Å². The predicted octanol–water partition coefficient (Wildman–Crippen LogP) is 1.92. The third-order valence-corrected chi connectivity index (χ3v) is 4.98. The fourth-order valence-electron chi connectivity index (χ4n) is 1.78. The maximum Gasteiger partial charge on any atom is 0.321 e. The van der Waals surface area contributed by atoms with Crippen molar-refractivity contribution in [2.24, 2.45) is 0 Å². The number of methoxy groups -OCH3 is 1. The highest BCUT2D eigenvalue weighted by Crippen LogP contribution is 2.21. The minimum absolute atomic E-state index is 0.0647. The lowest BCUT2D eigenvalue weighted by Crippen LogP contribution is -2.41. The summed E-state index contributed by atoms with van der Waals surface area (Å²) in [6.45, 7) is 2.03. The van der Waals surface area contributed by atoms with E-state index in [0.29, 0.717) is 23.1 Å². The molecule has 0 aliphatic rings. The highest BCUT2D eigenvalue weighted by atomic mass is 79.9. The highest BCUT2D eigenvalue weighted by Gasteiger charge is 2.26. The summed E-state index contributed by atoms with van der Waals surface area (Å²) in [5.41, 5.74) is 0.548. The lowest BCUT2D eigenvalue weighted by Gasteiger charge is -2.16. The van der Waals surface area contributed by atoms with Gasteiger partial charge in [-0.3, -0.25) is 4.79 Å². The van der Waals surface area contributed by atoms with Gasteiger partial charge in [0, 0.05) is 18.2 Å². The molecule has 21 heavy (non-hydrogen) atoms. The maximum absolute atomic E-state index is 12.3. The summed E-state index contributed by atoms with van der Waals surface area (Å²) in [5, 5.41) is 9.13. The van der Waals surface area contributed by atoms with Gasteiger partial charge in [0.05, 0.1) is 4.90 Å². The van der Waals surface area contributed by atoms with Crippen LogP contribution < -0.4 is 4.72 Å². The number of ether oxygens (including phenoxy) is 1. The molecule has 1 atom stereocenters. The van der Waals surface area contributed by atoms with Gasteiger partial charge in [0.1, 0.15) is 6.04 Å². The van der Waals surface area contributed by atoms with E-state index in [2.05, 4.69) is 20.7 Å². The van der Waals surface area contributed by atoms with Gasteiger partial charge in [-0.15, -0.1) is 0 Å². The maximum atomic E-state index is 12.3. The number of hydrogen-bond acceptors (Lipinski definition) is 4. The molecule has 0 aliphatic carbocycles. The van der Waals surface area contributed by atoms with E-state index < -0.39 is 22.0 Å². The molecule has 1 unspecified atom stereocenters. The molecule has 1 rings (SSSR count). The van der Waals surface area contributed by atoms with Gasteiger partial charge in [0.2, 0.25) is 10.0 Å². The number of aliphatic carboxylic acids is 1. The van der Waals surface area contributed by atoms with Crippen LogP contribution >= 0.6 is 15.9 Å². The Labute approximate surface area is 132 Å². The Morgan fingerprint density at radius 1 is 1.48 bits per heavy atom. The zero-order valence-corrected chi connectivity index (χ0v) is 14.2. The Kier molecular flexibility index (Phi) is 6.79. The van der Waals surface area contributed by atoms with Crippen LogP contribution in [0.25, 0.3) is 0 Å². The molecule has 8 heteroatoms. The van der Waals surface area contributed by atoms with Crippen LogP contribution in [0.15, 0.2) is 27.6 Å². The van der Waals surface area contributed by atoms with E-state index in [9.17, 15) is 13.2 Å². The second-order valence-corrected chi connectivity index (χ2v) is 7.16. The van der Waals surface area contributed by atoms with E-state index in [1.165, 1.54) is 13.2 Å². The third kappa shape index (κ3) is 5.39. The van der Waals surface area contributed by atoms with Crippen LogP contribution in [0.3, 0.4) is 0 Å². The number of aryl methyl sites for hydroxylation is 1. The average molecular weight is 380 g/mol. The SMILES string of the molecule is COCCCC(NS(=O)(=O)c1cc(Br)ccc1C)C(=O)O. The normalized spacial score (nSPS) is 13.1. The highest BCUT2D eigenvalue weighted by molar-refractivity contribution is 9.10. The lowest BCUT2D eigenvalue weighted by molar-refractivity contribution is -0.139. The molecule has 1 aromatic carbocycles. The lowest BCUT2D eigenvalue weighted by atomic mass is 10.2. The van der Waals surface area contributed by atoms with E-state index in [1.807, 2.05) is 0 Å². The number of sulfonamides is 1. The first-order chi connectivity index (χ1) is 9.77. The fourth-order valence-corrected chi connectivity index (χ4v) is 3.79. The van der Waals surface area contributed by atoms with Crippen LogP contribution in [0, 0.1) is 6.92 Å². The molecule has 0 saturated carbocycles. The molecule has 0 heterocycles. The number of carbonyl (C=O) groups is 1. The first-order valence-corrected chi connectivity index (χ1v) is 8.56. The molecule has 1 aromatic rings. The third-order valence-electron chi connectivity index (χ3n) is 2.88. The summed E-state index contributed by atoms with van der Waals surface area (Å²) < 4.78 is 32.3. The first-order valence-electron chi connectivity index (χ1n) is 6.28. The summed E-state index contributed by atoms with van der Waals surface area (Å²) in [4.78, 5) is 11.2. The van der Waals surface area contributed by atoms with Crippen molar-refractivity contribution in [3.05, 3.63) is 28.2 Å². The van der Waals surface area contributed by atoms with Gasteiger partial charge in [-0.05, 0) is 37.5 Å². The minimum atomic E-state index is -3.90. The largest absolute Gasteiger partial charge is 0.480 e. The molecular weight excluding hydrogens is 362 g/mol. The van der Waals surface area contributed by atoms with Crippen molar-refractivity contribution in [1.29, 1.82) is 0 Å². The number of halogens is 1. The molecule has 6 nitrogen and oxygen atoms in total. The summed E-state index contributed by atoms with van der Waals surface area (Å²) in [6, 6.07) is 3.65. The number of carboxylic acids is 1. The number of nitrogens with one attached hydrogen (secondary N) is 1. The van der Waals surface area contributed by atoms with Crippen molar-refractivity contribution < 1.29 is 23.1 Å². The monoisotopic (exact) mass is 379 g/mol. The zero-order chi connectivity index (χ0) is 16.0. The van der Waals surface area contributed by atoms with Crippen molar-refractivity contribution in [2.75, 3.05) is 13.7 Å². The summed E-state index contributed by atoms with van der Waals surface area (Å²) in [6.07, 6.45) is 0.614. The molecule has 0 fully saturated rings. The molecule has 0 radical (unpaired) electrons. The Morgan fingerprint density at radius 2 is 2.14 bits per heavy atom. The summed E-state index contributed by atoms with van der Waals surface area (Å²) in [7, 11) is -2.39. The van der Waals surface area contributed by atoms with Gasteiger partial charge in [0.15, 0.2) is 0 Å². The first kappa shape index (κ1) is 18.1. The van der Waals surface area contributed by atoms with Crippen LogP contribution in [0.5, 0.6) is 0 Å². The Bertz CT molecular complexity index is 603. The fraction of sp³-hybridized carbons (Fsp3) is 0.462. The Balaban J connectivity index is 2.95. The van der Waals surface area contributed by atoms with Gasteiger partial charge >= 0.3 is 5.97 Å². The second-order valence-electron chi connectivity index (χ2n) is 4.56. The van der Waals surface area contributed by atoms with Gasteiger partial charge < -0.3 is 9.84 Å². The van der Waals surface area contributed by atoms with E-state index in [-0.39, 0.29) is 11.3 Å². The molecule has 0 spiro atoms. The van der Waals surface area contributed by atoms with Gasteiger partial charge in [0.25, 0.3) is 0 Å². The van der Waals surface area contributed by atoms with E-state index in [4.69, 9.17) is 9.84 Å². The average Bonchev–Trinajstić information content (AvgIpc) is 2.40. The van der Waals surface area contributed by atoms with Crippen LogP contribution in [0.4, 0.5) is 0 Å². The molecular formula is C13H18BrNO5S. The molecule has 0 amide bonds. The van der Waals surface area contributed by atoms with Gasteiger partial charge in [-0.25, -0.2) is 8.42 Å². The quantitative estimate of drug-likeness (QED) is 0.673. The molecule has 118 valence electrons. The Hall–Kier alpha value is -0.960. The van der Waals surface area contributed by atoms with Crippen molar-refractivity contribution in [1.82, 2.24) is 4.72 Å². The Morgan fingerprint density at radius 3 is 2.71 bits per heavy atom. The number of carboxylic acid groups (broad SMARTS) is 1. The number of hydrogen-bond donors (Lipinski definition) is 2. The summed E-state index contributed by atoms with van der Waals surface area (Å²) >= 11 is 3.21. The standard InChI is InChI=1S/C13H18BrNO5S/c1-9-5-6-10(14)8-12(9)21(18,19)15-11(13(16)17)4-3-7-20-2/h5-6,8,11,15H,3-4,7H2,1-2H3,(H,16,17). The van der Waals surface area contributed by atoms with E-state index in [1.54, 1.807) is 19.1 Å². The van der Waals surface area contributed by atoms with Crippen LogP contribution in [0.1, 0.15) is 18.4 Å². The van der Waals surface area contributed by atoms with Crippen molar-refractivity contribution in [2.45, 2.75) is 30.7 Å². The predicted molar refractivity (Wildman–Crippen MR) is 81.7 cm³/mol. The smallest absolute Gasteiger partial charge is 0.321 e. The molecule has 0 bridgehead atoms. The van der Waals surface area contributed by atoms with Crippen molar-refractivity contribution in [3.8, 4) is 0 Å². The van der Waals surface area contributed by atoms with Gasteiger partial charge in [-0.2, -0.15) is 4.72 Å². The van der Waals surface area contributed by atoms with E-state index in [0.717, 1.165) is 0 Å². The minimum Gasteiger partial charge on any atom is -0.480 e. The topological polar surface area (TPSA) is 92.7 Å². The second kappa shape index (κ2) is 7.88. The number of benzene rings is 1. The molecule has 0 aliphatic heterocycles. The van der Waals surface area contributed by atoms with Crippen molar-refractivity contribution in [3.63, 3.8) is 0 Å². The molecule has 0 saturated heterocycles. The molecule has 0 aromatic heterocycles. The van der Waals surface area contributed by atoms with Crippen LogP contribution in [0.2, 0.25) is 0 Å². The molecule has 2 N–H and O–H groups in total.